The largest absolute Gasteiger partial charge is 0.459 e. The second kappa shape index (κ2) is 20.4. The average molecular weight is 1140 g/mol. The minimum absolute atomic E-state index is 0.0207. The molecule has 81 heavy (non-hydrogen) atoms. The van der Waals surface area contributed by atoms with Crippen molar-refractivity contribution >= 4 is 5.97 Å². The molecule has 16 rings (SSSR count). The molecule has 5 N–H and O–H groups in total. The Hall–Kier alpha value is -1.81. The van der Waals surface area contributed by atoms with Gasteiger partial charge in [0.1, 0.15) is 36.6 Å². The van der Waals surface area contributed by atoms with Crippen LogP contribution in [0.3, 0.4) is 0 Å². The fraction of sp³-hybridized carbons (Fsp3) is 0.917. The highest BCUT2D eigenvalue weighted by molar-refractivity contribution is 5.70. The third-order valence-electron chi connectivity index (χ3n) is 22.2. The van der Waals surface area contributed by atoms with E-state index in [2.05, 4.69) is 40.9 Å². The summed E-state index contributed by atoms with van der Waals surface area (Å²) in [6, 6.07) is 0. The number of esters is 1. The highest BCUT2D eigenvalue weighted by atomic mass is 16.8. The molecule has 0 aromatic carbocycles. The lowest BCUT2D eigenvalue weighted by atomic mass is 9.79. The molecule has 0 aromatic rings. The van der Waals surface area contributed by atoms with Crippen LogP contribution in [0.4, 0.5) is 0 Å². The van der Waals surface area contributed by atoms with Crippen molar-refractivity contribution in [3.63, 3.8) is 0 Å². The number of fused-ring (bicyclic) bond motifs is 10. The molecule has 0 saturated carbocycles. The van der Waals surface area contributed by atoms with E-state index < -0.39 is 121 Å². The van der Waals surface area contributed by atoms with Crippen molar-refractivity contribution in [3.05, 3.63) is 24.3 Å². The van der Waals surface area contributed by atoms with Gasteiger partial charge < -0.3 is 96.6 Å². The minimum Gasteiger partial charge on any atom is -0.459 e. The van der Waals surface area contributed by atoms with Crippen molar-refractivity contribution in [3.8, 4) is 0 Å². The van der Waals surface area contributed by atoms with Gasteiger partial charge in [0, 0.05) is 63.7 Å². The summed E-state index contributed by atoms with van der Waals surface area (Å²) >= 11 is 0. The van der Waals surface area contributed by atoms with Gasteiger partial charge >= 0.3 is 5.97 Å². The van der Waals surface area contributed by atoms with Gasteiger partial charge in [0.05, 0.1) is 123 Å². The summed E-state index contributed by atoms with van der Waals surface area (Å²) in [5.74, 6) is -5.84. The molecule has 0 amide bonds. The molecule has 0 radical (unpaired) electrons. The van der Waals surface area contributed by atoms with Crippen LogP contribution in [0.15, 0.2) is 24.3 Å². The summed E-state index contributed by atoms with van der Waals surface area (Å²) in [5.41, 5.74) is 1.99. The van der Waals surface area contributed by atoms with E-state index in [1.54, 1.807) is 0 Å². The third kappa shape index (κ3) is 9.28. The molecule has 16 aliphatic rings. The maximum Gasteiger partial charge on any atom is 0.308 e. The molecule has 16 saturated heterocycles. The smallest absolute Gasteiger partial charge is 0.308 e. The monoisotopic (exact) mass is 1140 g/mol. The molecule has 33 atom stereocenters. The van der Waals surface area contributed by atoms with Gasteiger partial charge in [-0.25, -0.2) is 0 Å². The summed E-state index contributed by atoms with van der Waals surface area (Å²) < 4.78 is 102. The van der Waals surface area contributed by atoms with Crippen molar-refractivity contribution in [1.29, 1.82) is 0 Å². The lowest BCUT2D eigenvalue weighted by Gasteiger charge is -2.50. The number of aliphatic hydroxyl groups is 5. The lowest BCUT2D eigenvalue weighted by molar-refractivity contribution is -0.347. The summed E-state index contributed by atoms with van der Waals surface area (Å²) in [6.07, 6.45) is -5.06. The number of carbonyl (C=O) groups is 1. The molecule has 7 unspecified atom stereocenters. The molecule has 21 heteroatoms. The molecule has 16 fully saturated rings. The second-order valence-electron chi connectivity index (χ2n) is 27.8. The van der Waals surface area contributed by atoms with Crippen molar-refractivity contribution in [1.82, 2.24) is 0 Å². The van der Waals surface area contributed by atoms with Crippen LogP contribution >= 0.6 is 0 Å². The van der Waals surface area contributed by atoms with Gasteiger partial charge in [-0.1, -0.05) is 40.9 Å². The Kier molecular flexibility index (Phi) is 14.0. The summed E-state index contributed by atoms with van der Waals surface area (Å²) in [4.78, 5) is 14.6. The third-order valence-corrected chi connectivity index (χ3v) is 22.2. The van der Waals surface area contributed by atoms with Crippen LogP contribution in [0.2, 0.25) is 0 Å². The Bertz CT molecular complexity index is 2430. The SMILES string of the molecule is C=C1CC2CC[C@@]34OC5[C@H]6O[C@H](CC[C@@H]6O[C@H]6C(O3)[C@](O)(O[C@@H]56)[C@H]4O)CC(=O)O[C@@H]3[C@@H](C)[C@@H]4O[C@@H]5C[C@]6(C[C@@H]7OC8(C[C@H](C)[C@@H]9O[C@H]([C@@H](O)C[C@@H](O)CO)C[C@@H]9O8)C[C@H](C)[C@@H]7O6)OC5C[C@@H]4O[C@H]3CC3O[C@@H](CCC1O2)C[C@@H](C)C3=C. The van der Waals surface area contributed by atoms with Crippen molar-refractivity contribution in [2.75, 3.05) is 6.61 Å². The van der Waals surface area contributed by atoms with E-state index in [0.29, 0.717) is 77.0 Å². The Labute approximate surface area is 473 Å². The number of rotatable bonds is 4. The Morgan fingerprint density at radius 1 is 0.568 bits per heavy atom. The van der Waals surface area contributed by atoms with E-state index in [9.17, 15) is 30.3 Å². The lowest BCUT2D eigenvalue weighted by Crippen LogP contribution is -2.63. The van der Waals surface area contributed by atoms with Gasteiger partial charge in [0.15, 0.2) is 17.7 Å². The van der Waals surface area contributed by atoms with E-state index in [1.165, 1.54) is 0 Å². The normalized spacial score (nSPS) is 57.9. The summed E-state index contributed by atoms with van der Waals surface area (Å²) in [6.45, 7) is 17.2. The Morgan fingerprint density at radius 3 is 2.10 bits per heavy atom. The van der Waals surface area contributed by atoms with Gasteiger partial charge in [-0.05, 0) is 73.8 Å². The molecule has 16 heterocycles. The number of ether oxygens (including phenoxy) is 15. The number of aliphatic hydroxyl groups excluding tert-OH is 4. The Balaban J connectivity index is 0.660. The summed E-state index contributed by atoms with van der Waals surface area (Å²) in [5, 5.41) is 54.2. The van der Waals surface area contributed by atoms with Crippen LogP contribution < -0.4 is 0 Å². The van der Waals surface area contributed by atoms with Crippen LogP contribution in [-0.2, 0) is 75.8 Å². The van der Waals surface area contributed by atoms with E-state index in [0.717, 1.165) is 24.0 Å². The first kappa shape index (κ1) is 55.7. The first-order chi connectivity index (χ1) is 38.8. The number of hydrogen-bond donors (Lipinski definition) is 5. The zero-order chi connectivity index (χ0) is 55.8. The Morgan fingerprint density at radius 2 is 1.27 bits per heavy atom. The van der Waals surface area contributed by atoms with E-state index in [1.807, 2.05) is 0 Å². The minimum atomic E-state index is -2.03. The zero-order valence-corrected chi connectivity index (χ0v) is 47.2. The maximum absolute atomic E-state index is 14.6. The van der Waals surface area contributed by atoms with Crippen LogP contribution in [0.25, 0.3) is 0 Å². The maximum atomic E-state index is 14.6. The van der Waals surface area contributed by atoms with Crippen LogP contribution in [0.5, 0.6) is 0 Å². The highest BCUT2D eigenvalue weighted by Crippen LogP contribution is 2.60. The number of hydrogen-bond acceptors (Lipinski definition) is 21. The highest BCUT2D eigenvalue weighted by Gasteiger charge is 2.79. The van der Waals surface area contributed by atoms with Crippen LogP contribution in [0.1, 0.15) is 137 Å². The molecule has 452 valence electrons. The molecule has 16 aliphatic heterocycles. The summed E-state index contributed by atoms with van der Waals surface area (Å²) in [7, 11) is 0. The van der Waals surface area contributed by atoms with Crippen molar-refractivity contribution < 1.29 is 101 Å². The molecule has 0 aliphatic carbocycles. The van der Waals surface area contributed by atoms with Gasteiger partial charge in [-0.2, -0.15) is 0 Å². The molecule has 0 aromatic heterocycles. The second-order valence-corrected chi connectivity index (χ2v) is 27.8. The van der Waals surface area contributed by atoms with Crippen LogP contribution in [-0.4, -0.2) is 214 Å². The zero-order valence-electron chi connectivity index (χ0n) is 47.2. The predicted molar refractivity (Wildman–Crippen MR) is 276 cm³/mol. The van der Waals surface area contributed by atoms with Crippen molar-refractivity contribution in [2.45, 2.75) is 313 Å². The standard InChI is InChI=1S/C60H86O21/c1-25-13-32-7-9-36-26(2)14-34(67-36)11-12-59-56(65)60(66)55(81-59)54-53(80-60)52(79-59)51-37(71-54)10-8-33(69-51)16-46(64)74-50-30(6)49-42(70-41(50)17-38(68-32)29(25)5)19-40-44(73-49)22-58(75-40)23-45-48(78-58)28(4)21-57(77-45)20-27(3)47-43(76-57)18-39(72-47)35(63)15-31(62)24-61/h25,27-28,30-45,47-56,61-63,65-66H,2,5,7-24H2,1,3-4,6H3/t25-,27+,28+,30+,31-,32+,33-,34?,35+,36?,37+,38?,39+,40?,41+,42+,43+,44-,45+,47+,48+,49+,50-,51+,52?,53+,54-,55?,56+,57?,58+,59-,60+/m1/s1. The molecule has 12 bridgehead atoms. The van der Waals surface area contributed by atoms with Gasteiger partial charge in [0.25, 0.3) is 0 Å². The van der Waals surface area contributed by atoms with Gasteiger partial charge in [-0.3, -0.25) is 4.79 Å². The first-order valence-corrected chi connectivity index (χ1v) is 31.0. The molecule has 21 nitrogen and oxygen atoms in total. The predicted octanol–water partition coefficient (Wildman–Crippen LogP) is 3.22. The van der Waals surface area contributed by atoms with Crippen molar-refractivity contribution in [2.24, 2.45) is 23.7 Å². The van der Waals surface area contributed by atoms with E-state index in [4.69, 9.17) is 71.1 Å². The fourth-order valence-electron chi connectivity index (χ4n) is 18.2. The first-order valence-electron chi connectivity index (χ1n) is 31.0. The number of carbonyl (C=O) groups excluding carboxylic acids is 1. The molecular formula is C60H86O21. The molecular weight excluding hydrogens is 1060 g/mol. The fourth-order valence-corrected chi connectivity index (χ4v) is 18.2. The molecule has 3 spiro atoms. The van der Waals surface area contributed by atoms with E-state index in [-0.39, 0.29) is 110 Å². The van der Waals surface area contributed by atoms with Gasteiger partial charge in [-0.15, -0.1) is 0 Å². The van der Waals surface area contributed by atoms with E-state index >= 15 is 0 Å². The van der Waals surface area contributed by atoms with Gasteiger partial charge in [0.2, 0.25) is 11.6 Å². The van der Waals surface area contributed by atoms with Crippen LogP contribution in [0, 0.1) is 23.7 Å². The topological polar surface area (TPSA) is 257 Å². The quantitative estimate of drug-likeness (QED) is 0.200. The average Bonchev–Trinajstić information content (AvgIpc) is 2.71.